The lowest BCUT2D eigenvalue weighted by Crippen LogP contribution is -2.33. The molecule has 1 aromatic rings. The molecule has 3 heteroatoms. The summed E-state index contributed by atoms with van der Waals surface area (Å²) in [5, 5.41) is 8.68. The number of hydrogen-bond acceptors (Lipinski definition) is 2. The summed E-state index contributed by atoms with van der Waals surface area (Å²) in [6.07, 6.45) is 3.11. The van der Waals surface area contributed by atoms with Crippen molar-refractivity contribution in [3.8, 4) is 0 Å². The third-order valence-electron chi connectivity index (χ3n) is 3.64. The fourth-order valence-electron chi connectivity index (χ4n) is 2.39. The van der Waals surface area contributed by atoms with Gasteiger partial charge in [0.15, 0.2) is 0 Å². The van der Waals surface area contributed by atoms with E-state index in [-0.39, 0.29) is 6.42 Å². The highest BCUT2D eigenvalue weighted by Crippen LogP contribution is 2.30. The Balaban J connectivity index is 2.17. The summed E-state index contributed by atoms with van der Waals surface area (Å²) in [5.41, 5.74) is 3.78. The predicted molar refractivity (Wildman–Crippen MR) is 68.6 cm³/mol. The Morgan fingerprint density at radius 2 is 2.29 bits per heavy atom. The molecule has 1 unspecified atom stereocenters. The Morgan fingerprint density at radius 3 is 3.00 bits per heavy atom. The number of aliphatic carboxylic acids is 1. The van der Waals surface area contributed by atoms with E-state index in [0.717, 1.165) is 12.0 Å². The number of nitrogens with zero attached hydrogens (tertiary/aromatic N) is 1. The first-order valence-electron chi connectivity index (χ1n) is 6.14. The van der Waals surface area contributed by atoms with E-state index >= 15 is 0 Å². The van der Waals surface area contributed by atoms with Crippen LogP contribution in [0.4, 0.5) is 5.69 Å². The molecule has 92 valence electrons. The summed E-state index contributed by atoms with van der Waals surface area (Å²) >= 11 is 0. The van der Waals surface area contributed by atoms with Gasteiger partial charge in [-0.1, -0.05) is 12.1 Å². The van der Waals surface area contributed by atoms with Gasteiger partial charge in [0.05, 0.1) is 0 Å². The first-order chi connectivity index (χ1) is 8.08. The van der Waals surface area contributed by atoms with Crippen molar-refractivity contribution in [3.05, 3.63) is 29.3 Å². The SMILES string of the molecule is CC1CCc2cc(CCC(=O)O)ccc2N1C. The van der Waals surface area contributed by atoms with Gasteiger partial charge in [-0.15, -0.1) is 0 Å². The first-order valence-corrected chi connectivity index (χ1v) is 6.14. The maximum Gasteiger partial charge on any atom is 0.303 e. The maximum absolute atomic E-state index is 10.5. The Hall–Kier alpha value is -1.51. The van der Waals surface area contributed by atoms with Gasteiger partial charge in [0.25, 0.3) is 0 Å². The highest BCUT2D eigenvalue weighted by atomic mass is 16.4. The molecule has 2 rings (SSSR count). The molecule has 1 heterocycles. The molecule has 0 fully saturated rings. The molecule has 3 nitrogen and oxygen atoms in total. The van der Waals surface area contributed by atoms with Crippen LogP contribution in [-0.4, -0.2) is 24.2 Å². The minimum atomic E-state index is -0.728. The van der Waals surface area contributed by atoms with Gasteiger partial charge in [-0.25, -0.2) is 0 Å². The molecule has 0 aliphatic carbocycles. The maximum atomic E-state index is 10.5. The van der Waals surface area contributed by atoms with Crippen LogP contribution in [0.25, 0.3) is 0 Å². The van der Waals surface area contributed by atoms with Crippen LogP contribution in [0.3, 0.4) is 0 Å². The lowest BCUT2D eigenvalue weighted by Gasteiger charge is -2.34. The second kappa shape index (κ2) is 4.78. The number of carbonyl (C=O) groups is 1. The highest BCUT2D eigenvalue weighted by molar-refractivity contribution is 5.67. The van der Waals surface area contributed by atoms with Gasteiger partial charge in [-0.3, -0.25) is 4.79 Å². The topological polar surface area (TPSA) is 40.5 Å². The molecular weight excluding hydrogens is 214 g/mol. The van der Waals surface area contributed by atoms with E-state index in [9.17, 15) is 4.79 Å². The van der Waals surface area contributed by atoms with Crippen LogP contribution in [0.1, 0.15) is 30.9 Å². The van der Waals surface area contributed by atoms with Gasteiger partial charge in [-0.05, 0) is 43.4 Å². The van der Waals surface area contributed by atoms with Gasteiger partial charge in [0, 0.05) is 25.2 Å². The normalized spacial score (nSPS) is 18.9. The highest BCUT2D eigenvalue weighted by Gasteiger charge is 2.19. The Morgan fingerprint density at radius 1 is 1.53 bits per heavy atom. The monoisotopic (exact) mass is 233 g/mol. The minimum absolute atomic E-state index is 0.213. The Kier molecular flexibility index (Phi) is 3.36. The van der Waals surface area contributed by atoms with E-state index < -0.39 is 5.97 Å². The van der Waals surface area contributed by atoms with Gasteiger partial charge in [0.1, 0.15) is 0 Å². The van der Waals surface area contributed by atoms with Crippen LogP contribution in [0, 0.1) is 0 Å². The van der Waals surface area contributed by atoms with Crippen molar-refractivity contribution < 1.29 is 9.90 Å². The van der Waals surface area contributed by atoms with E-state index in [0.29, 0.717) is 12.5 Å². The number of carboxylic acid groups (broad SMARTS) is 1. The average molecular weight is 233 g/mol. The molecule has 1 N–H and O–H groups in total. The van der Waals surface area contributed by atoms with Crippen LogP contribution in [0.15, 0.2) is 18.2 Å². The molecule has 0 saturated carbocycles. The van der Waals surface area contributed by atoms with Crippen molar-refractivity contribution >= 4 is 11.7 Å². The van der Waals surface area contributed by atoms with Crippen LogP contribution < -0.4 is 4.90 Å². The Labute approximate surface area is 102 Å². The van der Waals surface area contributed by atoms with Crippen molar-refractivity contribution in [2.24, 2.45) is 0 Å². The quantitative estimate of drug-likeness (QED) is 0.872. The molecule has 17 heavy (non-hydrogen) atoms. The second-order valence-electron chi connectivity index (χ2n) is 4.86. The third-order valence-corrected chi connectivity index (χ3v) is 3.64. The second-order valence-corrected chi connectivity index (χ2v) is 4.86. The summed E-state index contributed by atoms with van der Waals surface area (Å²) < 4.78 is 0. The lowest BCUT2D eigenvalue weighted by molar-refractivity contribution is -0.136. The van der Waals surface area contributed by atoms with Crippen molar-refractivity contribution in [2.75, 3.05) is 11.9 Å². The predicted octanol–water partition coefficient (Wildman–Crippen LogP) is 2.47. The van der Waals surface area contributed by atoms with Gasteiger partial charge in [-0.2, -0.15) is 0 Å². The fraction of sp³-hybridized carbons (Fsp3) is 0.500. The molecule has 0 aromatic heterocycles. The number of benzene rings is 1. The van der Waals surface area contributed by atoms with E-state index in [1.807, 2.05) is 0 Å². The number of rotatable bonds is 3. The summed E-state index contributed by atoms with van der Waals surface area (Å²) in [6, 6.07) is 6.94. The molecule has 0 amide bonds. The summed E-state index contributed by atoms with van der Waals surface area (Å²) in [4.78, 5) is 12.9. The first kappa shape index (κ1) is 12.0. The molecule has 1 aliphatic heterocycles. The summed E-state index contributed by atoms with van der Waals surface area (Å²) in [7, 11) is 2.12. The molecule has 0 spiro atoms. The largest absolute Gasteiger partial charge is 0.481 e. The average Bonchev–Trinajstić information content (AvgIpc) is 2.31. The number of hydrogen-bond donors (Lipinski definition) is 1. The Bertz CT molecular complexity index is 428. The number of fused-ring (bicyclic) bond motifs is 1. The molecule has 1 atom stereocenters. The van der Waals surface area contributed by atoms with Crippen LogP contribution in [-0.2, 0) is 17.6 Å². The standard InChI is InChI=1S/C14H19NO2/c1-10-3-6-12-9-11(5-8-14(16)17)4-7-13(12)15(10)2/h4,7,9-10H,3,5-6,8H2,1-2H3,(H,16,17). The number of carboxylic acids is 1. The van der Waals surface area contributed by atoms with Crippen LogP contribution in [0.2, 0.25) is 0 Å². The zero-order valence-corrected chi connectivity index (χ0v) is 10.4. The van der Waals surface area contributed by atoms with E-state index in [2.05, 4.69) is 37.1 Å². The molecule has 1 aromatic carbocycles. The summed E-state index contributed by atoms with van der Waals surface area (Å²) in [5.74, 6) is -0.728. The van der Waals surface area contributed by atoms with Crippen LogP contribution >= 0.6 is 0 Å². The number of aryl methyl sites for hydroxylation is 2. The van der Waals surface area contributed by atoms with Gasteiger partial charge in [0.2, 0.25) is 0 Å². The molecule has 0 radical (unpaired) electrons. The fourth-order valence-corrected chi connectivity index (χ4v) is 2.39. The van der Waals surface area contributed by atoms with E-state index in [1.54, 1.807) is 0 Å². The van der Waals surface area contributed by atoms with E-state index in [1.165, 1.54) is 17.7 Å². The smallest absolute Gasteiger partial charge is 0.303 e. The molecular formula is C14H19NO2. The lowest BCUT2D eigenvalue weighted by atomic mass is 9.94. The molecule has 1 aliphatic rings. The number of anilines is 1. The third kappa shape index (κ3) is 2.60. The van der Waals surface area contributed by atoms with E-state index in [4.69, 9.17) is 5.11 Å². The molecule has 0 bridgehead atoms. The van der Waals surface area contributed by atoms with Crippen molar-refractivity contribution in [1.82, 2.24) is 0 Å². The van der Waals surface area contributed by atoms with Crippen LogP contribution in [0.5, 0.6) is 0 Å². The van der Waals surface area contributed by atoms with Gasteiger partial charge >= 0.3 is 5.97 Å². The zero-order valence-electron chi connectivity index (χ0n) is 10.4. The summed E-state index contributed by atoms with van der Waals surface area (Å²) in [6.45, 7) is 2.24. The molecule has 0 saturated heterocycles. The van der Waals surface area contributed by atoms with Crippen molar-refractivity contribution in [3.63, 3.8) is 0 Å². The van der Waals surface area contributed by atoms with Gasteiger partial charge < -0.3 is 10.0 Å². The zero-order chi connectivity index (χ0) is 12.4. The van der Waals surface area contributed by atoms with Crippen molar-refractivity contribution in [2.45, 2.75) is 38.6 Å². The minimum Gasteiger partial charge on any atom is -0.481 e. The van der Waals surface area contributed by atoms with Crippen molar-refractivity contribution in [1.29, 1.82) is 0 Å².